The van der Waals surface area contributed by atoms with Gasteiger partial charge in [0, 0.05) is 0 Å². The van der Waals surface area contributed by atoms with E-state index in [1.165, 1.54) is 0 Å². The topological polar surface area (TPSA) is 80.3 Å². The van der Waals surface area contributed by atoms with Crippen LogP contribution in [-0.2, 0) is 9.59 Å². The van der Waals surface area contributed by atoms with E-state index in [2.05, 4.69) is 0 Å². The molecule has 4 heteroatoms. The molecule has 0 heterocycles. The number of carboxylic acids is 2. The molecule has 0 unspecified atom stereocenters. The zero-order valence-corrected chi connectivity index (χ0v) is 8.79. The van der Waals surface area contributed by atoms with E-state index in [4.69, 9.17) is 0 Å². The molecule has 0 saturated carbocycles. The molecule has 0 rings (SSSR count). The molecule has 0 aromatic rings. The molecule has 0 atom stereocenters. The van der Waals surface area contributed by atoms with Crippen molar-refractivity contribution < 1.29 is 19.8 Å². The Kier molecular flexibility index (Phi) is 4.34. The van der Waals surface area contributed by atoms with Gasteiger partial charge in [-0.05, 0) is 23.0 Å². The van der Waals surface area contributed by atoms with E-state index in [0.717, 1.165) is 0 Å². The van der Waals surface area contributed by atoms with E-state index in [1.807, 2.05) is 0 Å². The van der Waals surface area contributed by atoms with Crippen LogP contribution in [0.3, 0.4) is 0 Å². The van der Waals surface area contributed by atoms with E-state index >= 15 is 0 Å². The summed E-state index contributed by atoms with van der Waals surface area (Å²) in [6.07, 6.45) is 0. The Labute approximate surface area is 83.2 Å². The number of aliphatic carboxylic acids is 2. The summed E-state index contributed by atoms with van der Waals surface area (Å²) in [5.41, 5.74) is -0.361. The van der Waals surface area contributed by atoms with Gasteiger partial charge < -0.3 is 19.8 Å². The van der Waals surface area contributed by atoms with Crippen molar-refractivity contribution in [3.8, 4) is 0 Å². The highest BCUT2D eigenvalue weighted by atomic mass is 16.4. The minimum Gasteiger partial charge on any atom is -0.545 e. The smallest absolute Gasteiger partial charge is 0.0680 e. The molecule has 0 aliphatic carbocycles. The number of carboxylic acid groups (broad SMARTS) is 2. The Balaban J connectivity index is 5.51. The van der Waals surface area contributed by atoms with Crippen molar-refractivity contribution >= 4 is 11.9 Å². The maximum Gasteiger partial charge on any atom is 0.0680 e. The minimum absolute atomic E-state index is 0.181. The predicted molar refractivity (Wildman–Crippen MR) is 46.7 cm³/mol. The van der Waals surface area contributed by atoms with E-state index in [0.29, 0.717) is 0 Å². The Bertz CT molecular complexity index is 246. The molecule has 0 aromatic heterocycles. The van der Waals surface area contributed by atoms with Crippen molar-refractivity contribution in [1.82, 2.24) is 0 Å². The molecule has 0 spiro atoms. The van der Waals surface area contributed by atoms with Gasteiger partial charge in [0.25, 0.3) is 0 Å². The predicted octanol–water partition coefficient (Wildman–Crippen LogP) is -0.905. The Morgan fingerprint density at radius 1 is 0.786 bits per heavy atom. The van der Waals surface area contributed by atoms with Crippen LogP contribution < -0.4 is 10.2 Å². The van der Waals surface area contributed by atoms with E-state index in [9.17, 15) is 19.8 Å². The third-order valence-corrected chi connectivity index (χ3v) is 1.88. The first-order valence-corrected chi connectivity index (χ1v) is 4.45. The molecule has 0 amide bonds. The summed E-state index contributed by atoms with van der Waals surface area (Å²) in [6, 6.07) is 0. The first-order chi connectivity index (χ1) is 6.29. The van der Waals surface area contributed by atoms with Crippen molar-refractivity contribution in [3.05, 3.63) is 11.1 Å². The van der Waals surface area contributed by atoms with Gasteiger partial charge in [0.15, 0.2) is 0 Å². The van der Waals surface area contributed by atoms with Crippen molar-refractivity contribution in [2.75, 3.05) is 0 Å². The van der Waals surface area contributed by atoms with Gasteiger partial charge in [-0.3, -0.25) is 0 Å². The molecule has 0 fully saturated rings. The second kappa shape index (κ2) is 4.79. The lowest BCUT2D eigenvalue weighted by molar-refractivity contribution is -0.305. The van der Waals surface area contributed by atoms with Crippen LogP contribution in [0.2, 0.25) is 0 Å². The van der Waals surface area contributed by atoms with Crippen molar-refractivity contribution in [2.24, 2.45) is 11.8 Å². The van der Waals surface area contributed by atoms with Gasteiger partial charge in [-0.25, -0.2) is 0 Å². The summed E-state index contributed by atoms with van der Waals surface area (Å²) < 4.78 is 0. The first kappa shape index (κ1) is 12.7. The van der Waals surface area contributed by atoms with Gasteiger partial charge in [-0.1, -0.05) is 27.7 Å². The average Bonchev–Trinajstić information content (AvgIpc) is 1.96. The van der Waals surface area contributed by atoms with E-state index < -0.39 is 23.8 Å². The quantitative estimate of drug-likeness (QED) is 0.548. The third-order valence-electron chi connectivity index (χ3n) is 1.88. The average molecular weight is 198 g/mol. The highest BCUT2D eigenvalue weighted by molar-refractivity contribution is 5.97. The summed E-state index contributed by atoms with van der Waals surface area (Å²) in [5.74, 6) is -3.66. The molecule has 0 bridgehead atoms. The van der Waals surface area contributed by atoms with E-state index in [1.54, 1.807) is 27.7 Å². The molecular weight excluding hydrogens is 184 g/mol. The number of carbonyl (C=O) groups excluding carboxylic acids is 2. The first-order valence-electron chi connectivity index (χ1n) is 4.45. The normalized spacial score (nSPS) is 13.0. The van der Waals surface area contributed by atoms with Gasteiger partial charge >= 0.3 is 0 Å². The van der Waals surface area contributed by atoms with Crippen LogP contribution in [0.15, 0.2) is 11.1 Å². The zero-order valence-electron chi connectivity index (χ0n) is 8.79. The van der Waals surface area contributed by atoms with Crippen LogP contribution in [-0.4, -0.2) is 11.9 Å². The van der Waals surface area contributed by atoms with Gasteiger partial charge in [0.2, 0.25) is 0 Å². The Hall–Kier alpha value is -1.32. The lowest BCUT2D eigenvalue weighted by Crippen LogP contribution is -2.35. The fourth-order valence-corrected chi connectivity index (χ4v) is 1.31. The number of hydrogen-bond donors (Lipinski definition) is 0. The summed E-state index contributed by atoms with van der Waals surface area (Å²) in [5, 5.41) is 21.5. The number of carbonyl (C=O) groups is 2. The molecule has 4 nitrogen and oxygen atoms in total. The largest absolute Gasteiger partial charge is 0.545 e. The molecule has 0 radical (unpaired) electrons. The second-order valence-corrected chi connectivity index (χ2v) is 3.71. The molecule has 0 N–H and O–H groups in total. The number of hydrogen-bond acceptors (Lipinski definition) is 4. The monoisotopic (exact) mass is 198 g/mol. The van der Waals surface area contributed by atoms with Crippen molar-refractivity contribution in [3.63, 3.8) is 0 Å². The lowest BCUT2D eigenvalue weighted by atomic mass is 9.90. The lowest BCUT2D eigenvalue weighted by Gasteiger charge is -2.22. The van der Waals surface area contributed by atoms with Gasteiger partial charge in [-0.15, -0.1) is 0 Å². The van der Waals surface area contributed by atoms with Crippen LogP contribution in [0, 0.1) is 11.8 Å². The molecule has 0 aliphatic heterocycles. The third kappa shape index (κ3) is 2.87. The standard InChI is InChI=1S/C10H16O4/c1-5(2)7(9(11)12)8(6(3)4)10(13)14/h5-6H,1-4H3,(H,11,12)(H,13,14)/p-2/b8-7+. The molecule has 0 saturated heterocycles. The Morgan fingerprint density at radius 2 is 1.00 bits per heavy atom. The highest BCUT2D eigenvalue weighted by Gasteiger charge is 2.15. The molecule has 0 aliphatic rings. The second-order valence-electron chi connectivity index (χ2n) is 3.71. The molecule has 0 aromatic carbocycles. The minimum atomic E-state index is -1.44. The summed E-state index contributed by atoms with van der Waals surface area (Å²) in [4.78, 5) is 21.5. The van der Waals surface area contributed by atoms with Crippen LogP contribution in [0.5, 0.6) is 0 Å². The van der Waals surface area contributed by atoms with Crippen LogP contribution in [0.1, 0.15) is 27.7 Å². The SMILES string of the molecule is CC(C)/C(C(=O)[O-])=C(\C(=O)[O-])C(C)C. The maximum absolute atomic E-state index is 10.7. The summed E-state index contributed by atoms with van der Waals surface area (Å²) >= 11 is 0. The molecular formula is C10H14O4-2. The van der Waals surface area contributed by atoms with Crippen LogP contribution in [0.4, 0.5) is 0 Å². The Morgan fingerprint density at radius 3 is 1.07 bits per heavy atom. The zero-order chi connectivity index (χ0) is 11.5. The molecule has 80 valence electrons. The van der Waals surface area contributed by atoms with Crippen molar-refractivity contribution in [1.29, 1.82) is 0 Å². The van der Waals surface area contributed by atoms with Gasteiger partial charge in [0.1, 0.15) is 0 Å². The molecule has 14 heavy (non-hydrogen) atoms. The number of rotatable bonds is 4. The van der Waals surface area contributed by atoms with Crippen LogP contribution in [0.25, 0.3) is 0 Å². The summed E-state index contributed by atoms with van der Waals surface area (Å²) in [6.45, 7) is 6.43. The fraction of sp³-hybridized carbons (Fsp3) is 0.600. The maximum atomic E-state index is 10.7. The van der Waals surface area contributed by atoms with Crippen molar-refractivity contribution in [2.45, 2.75) is 27.7 Å². The van der Waals surface area contributed by atoms with Crippen LogP contribution >= 0.6 is 0 Å². The van der Waals surface area contributed by atoms with Gasteiger partial charge in [0.05, 0.1) is 11.9 Å². The fourth-order valence-electron chi connectivity index (χ4n) is 1.31. The highest BCUT2D eigenvalue weighted by Crippen LogP contribution is 2.20. The van der Waals surface area contributed by atoms with Gasteiger partial charge in [-0.2, -0.15) is 0 Å². The summed E-state index contributed by atoms with van der Waals surface area (Å²) in [7, 11) is 0. The van der Waals surface area contributed by atoms with E-state index in [-0.39, 0.29) is 11.1 Å².